The van der Waals surface area contributed by atoms with Crippen LogP contribution < -0.4 is 5.32 Å². The fourth-order valence-corrected chi connectivity index (χ4v) is 4.09. The molecule has 1 fully saturated rings. The van der Waals surface area contributed by atoms with Crippen LogP contribution in [0, 0.1) is 6.92 Å². The molecule has 0 amide bonds. The Labute approximate surface area is 160 Å². The van der Waals surface area contributed by atoms with E-state index in [1.165, 1.54) is 73.1 Å². The fourth-order valence-electron chi connectivity index (χ4n) is 4.09. The third kappa shape index (κ3) is 4.82. The number of pyridine rings is 1. The summed E-state index contributed by atoms with van der Waals surface area (Å²) in [6, 6.07) is 8.96. The summed E-state index contributed by atoms with van der Waals surface area (Å²) in [5.74, 6) is 1.06. The van der Waals surface area contributed by atoms with Crippen LogP contribution in [0.25, 0.3) is 11.1 Å². The van der Waals surface area contributed by atoms with E-state index in [1.807, 2.05) is 6.20 Å². The molecule has 0 atom stereocenters. The summed E-state index contributed by atoms with van der Waals surface area (Å²) in [7, 11) is 0. The van der Waals surface area contributed by atoms with Gasteiger partial charge >= 0.3 is 6.15 Å². The second kappa shape index (κ2) is 9.45. The molecule has 5 heteroatoms. The zero-order valence-electron chi connectivity index (χ0n) is 16.0. The molecule has 4 rings (SSSR count). The molecule has 0 spiro atoms. The number of hydrogen-bond donors (Lipinski definition) is 1. The molecule has 1 aromatic heterocycles. The number of aromatic nitrogens is 1. The number of nitrogens with one attached hydrogen (secondary N) is 1. The largest absolute Gasteiger partial charge is 0.373 e. The van der Waals surface area contributed by atoms with E-state index in [2.05, 4.69) is 46.4 Å². The van der Waals surface area contributed by atoms with E-state index in [9.17, 15) is 0 Å². The first-order valence-electron chi connectivity index (χ1n) is 9.76. The molecule has 1 aromatic carbocycles. The summed E-state index contributed by atoms with van der Waals surface area (Å²) in [5, 5.41) is 3.60. The monoisotopic (exact) mass is 365 g/mol. The first-order valence-corrected chi connectivity index (χ1v) is 9.76. The zero-order valence-corrected chi connectivity index (χ0v) is 16.0. The Bertz CT molecular complexity index is 807. The average molecular weight is 365 g/mol. The molecular weight excluding hydrogens is 338 g/mol. The molecule has 0 radical (unpaired) electrons. The summed E-state index contributed by atoms with van der Waals surface area (Å²) in [4.78, 5) is 23.5. The van der Waals surface area contributed by atoms with Gasteiger partial charge in [0.25, 0.3) is 0 Å². The smallest absolute Gasteiger partial charge is 0.370 e. The van der Waals surface area contributed by atoms with Gasteiger partial charge < -0.3 is 10.2 Å². The Hall–Kier alpha value is -2.49. The summed E-state index contributed by atoms with van der Waals surface area (Å²) < 4.78 is 0. The van der Waals surface area contributed by atoms with E-state index < -0.39 is 0 Å². The quantitative estimate of drug-likeness (QED) is 0.699. The normalized spacial score (nSPS) is 15.1. The highest BCUT2D eigenvalue weighted by atomic mass is 16.2. The summed E-state index contributed by atoms with van der Waals surface area (Å²) in [6.07, 6.45) is 8.58. The minimum Gasteiger partial charge on any atom is -0.370 e. The lowest BCUT2D eigenvalue weighted by atomic mass is 10.0. The minimum absolute atomic E-state index is 0.250. The maximum Gasteiger partial charge on any atom is 0.373 e. The number of carbonyl (C=O) groups excluding carboxylic acids is 2. The second-order valence-corrected chi connectivity index (χ2v) is 7.30. The van der Waals surface area contributed by atoms with Crippen molar-refractivity contribution in [2.75, 3.05) is 31.5 Å². The first kappa shape index (κ1) is 19.3. The van der Waals surface area contributed by atoms with Crippen LogP contribution in [-0.4, -0.2) is 42.2 Å². The van der Waals surface area contributed by atoms with Crippen LogP contribution in [0.15, 0.2) is 30.5 Å². The van der Waals surface area contributed by atoms with Crippen LogP contribution in [0.1, 0.15) is 42.4 Å². The predicted octanol–water partition coefficient (Wildman–Crippen LogP) is 3.67. The molecule has 5 nitrogen and oxygen atoms in total. The molecule has 0 unspecified atom stereocenters. The lowest BCUT2D eigenvalue weighted by Gasteiger charge is -2.26. The molecule has 1 aliphatic heterocycles. The van der Waals surface area contributed by atoms with Crippen LogP contribution >= 0.6 is 0 Å². The molecule has 0 bridgehead atoms. The average Bonchev–Trinajstić information content (AvgIpc) is 3.05. The van der Waals surface area contributed by atoms with E-state index in [1.54, 1.807) is 0 Å². The highest BCUT2D eigenvalue weighted by Gasteiger charge is 2.22. The van der Waals surface area contributed by atoms with Gasteiger partial charge in [-0.15, -0.1) is 0 Å². The standard InChI is InChI=1S/C21H27N3.CO2/c1-16-6-7-19-18(14-16)15-17-8-10-23-21(20(17)19)22-9-5-13-24-11-3-2-4-12-24;2-1-3/h6-8,10,14H,2-5,9,11-13,15H2,1H3,(H,22,23);. The van der Waals surface area contributed by atoms with Crippen molar-refractivity contribution in [3.63, 3.8) is 0 Å². The van der Waals surface area contributed by atoms with Crippen molar-refractivity contribution in [1.82, 2.24) is 9.88 Å². The Morgan fingerprint density at radius 1 is 1.11 bits per heavy atom. The number of rotatable bonds is 5. The number of piperidine rings is 1. The second-order valence-electron chi connectivity index (χ2n) is 7.30. The van der Waals surface area contributed by atoms with Crippen molar-refractivity contribution in [3.8, 4) is 11.1 Å². The van der Waals surface area contributed by atoms with Gasteiger partial charge in [0.2, 0.25) is 0 Å². The number of hydrogen-bond acceptors (Lipinski definition) is 5. The van der Waals surface area contributed by atoms with Crippen molar-refractivity contribution < 1.29 is 9.59 Å². The third-order valence-electron chi connectivity index (χ3n) is 5.34. The van der Waals surface area contributed by atoms with Crippen molar-refractivity contribution in [2.24, 2.45) is 0 Å². The molecule has 0 saturated carbocycles. The summed E-state index contributed by atoms with van der Waals surface area (Å²) in [6.45, 7) is 6.94. The van der Waals surface area contributed by atoms with Crippen LogP contribution in [0.2, 0.25) is 0 Å². The van der Waals surface area contributed by atoms with Crippen LogP contribution in [0.4, 0.5) is 5.82 Å². The van der Waals surface area contributed by atoms with Gasteiger partial charge in [-0.05, 0) is 75.0 Å². The maximum atomic E-state index is 8.12. The van der Waals surface area contributed by atoms with Gasteiger partial charge in [-0.25, -0.2) is 4.98 Å². The highest BCUT2D eigenvalue weighted by molar-refractivity contribution is 5.85. The Balaban J connectivity index is 0.000000659. The Kier molecular flexibility index (Phi) is 6.74. The number of likely N-dealkylation sites (tertiary alicyclic amines) is 1. The number of anilines is 1. The maximum absolute atomic E-state index is 8.12. The van der Waals surface area contributed by atoms with E-state index in [4.69, 9.17) is 9.59 Å². The molecule has 142 valence electrons. The van der Waals surface area contributed by atoms with Crippen LogP contribution in [0.5, 0.6) is 0 Å². The predicted molar refractivity (Wildman–Crippen MR) is 106 cm³/mol. The Morgan fingerprint density at radius 2 is 1.89 bits per heavy atom. The number of benzene rings is 1. The lowest BCUT2D eigenvalue weighted by molar-refractivity contribution is -0.191. The fraction of sp³-hybridized carbons (Fsp3) is 0.455. The van der Waals surface area contributed by atoms with Gasteiger partial charge in [0, 0.05) is 18.3 Å². The van der Waals surface area contributed by atoms with Gasteiger partial charge in [0.15, 0.2) is 0 Å². The third-order valence-corrected chi connectivity index (χ3v) is 5.34. The first-order chi connectivity index (χ1) is 13.2. The summed E-state index contributed by atoms with van der Waals surface area (Å²) in [5.41, 5.74) is 6.87. The van der Waals surface area contributed by atoms with E-state index >= 15 is 0 Å². The summed E-state index contributed by atoms with van der Waals surface area (Å²) >= 11 is 0. The van der Waals surface area contributed by atoms with Crippen molar-refractivity contribution >= 4 is 12.0 Å². The highest BCUT2D eigenvalue weighted by Crippen LogP contribution is 2.40. The van der Waals surface area contributed by atoms with Crippen molar-refractivity contribution in [3.05, 3.63) is 47.2 Å². The molecule has 2 aliphatic rings. The Morgan fingerprint density at radius 3 is 2.67 bits per heavy atom. The van der Waals surface area contributed by atoms with Gasteiger partial charge in [0.1, 0.15) is 5.82 Å². The van der Waals surface area contributed by atoms with Crippen molar-refractivity contribution in [1.29, 1.82) is 0 Å². The molecule has 1 aliphatic carbocycles. The minimum atomic E-state index is 0.250. The molecule has 1 N–H and O–H groups in total. The SMILES string of the molecule is Cc1ccc2c(c1)Cc1ccnc(NCCCN3CCCCC3)c1-2.O=C=O. The number of aryl methyl sites for hydroxylation is 1. The number of nitrogens with zero attached hydrogens (tertiary/aromatic N) is 2. The van der Waals surface area contributed by atoms with E-state index in [0.29, 0.717) is 0 Å². The van der Waals surface area contributed by atoms with Crippen LogP contribution in [0.3, 0.4) is 0 Å². The van der Waals surface area contributed by atoms with Gasteiger partial charge in [-0.1, -0.05) is 30.2 Å². The molecule has 2 aromatic rings. The van der Waals surface area contributed by atoms with Crippen molar-refractivity contribution in [2.45, 2.75) is 39.0 Å². The molecule has 2 heterocycles. The topological polar surface area (TPSA) is 62.3 Å². The van der Waals surface area contributed by atoms with Gasteiger partial charge in [0.05, 0.1) is 0 Å². The molecular formula is C22H27N3O2. The van der Waals surface area contributed by atoms with E-state index in [-0.39, 0.29) is 6.15 Å². The lowest BCUT2D eigenvalue weighted by Crippen LogP contribution is -2.31. The molecule has 27 heavy (non-hydrogen) atoms. The molecule has 1 saturated heterocycles. The van der Waals surface area contributed by atoms with Crippen LogP contribution in [-0.2, 0) is 16.0 Å². The van der Waals surface area contributed by atoms with Gasteiger partial charge in [-0.3, -0.25) is 0 Å². The van der Waals surface area contributed by atoms with Gasteiger partial charge in [-0.2, -0.15) is 9.59 Å². The van der Waals surface area contributed by atoms with E-state index in [0.717, 1.165) is 18.8 Å². The number of fused-ring (bicyclic) bond motifs is 3. The zero-order chi connectivity index (χ0) is 19.1.